The van der Waals surface area contributed by atoms with Crippen molar-refractivity contribution in [2.75, 3.05) is 7.11 Å². The smallest absolute Gasteiger partial charge is 0.262 e. The van der Waals surface area contributed by atoms with Crippen LogP contribution in [0.1, 0.15) is 28.1 Å². The largest absolute Gasteiger partial charge is 0.497 e. The molecule has 1 aromatic carbocycles. The maximum atomic E-state index is 13.3. The third kappa shape index (κ3) is 4.11. The van der Waals surface area contributed by atoms with Gasteiger partial charge in [0.1, 0.15) is 10.6 Å². The molecule has 0 amide bonds. The molecule has 0 radical (unpaired) electrons. The van der Waals surface area contributed by atoms with Crippen molar-refractivity contribution < 1.29 is 4.74 Å². The zero-order valence-corrected chi connectivity index (χ0v) is 18.2. The molecule has 1 aliphatic rings. The summed E-state index contributed by atoms with van der Waals surface area (Å²) in [6.07, 6.45) is 6.33. The van der Waals surface area contributed by atoms with Crippen LogP contribution in [-0.4, -0.2) is 27.7 Å². The molecule has 0 saturated carbocycles. The lowest BCUT2D eigenvalue weighted by atomic mass is 9.93. The summed E-state index contributed by atoms with van der Waals surface area (Å²) in [6, 6.07) is 14.2. The number of pyridine rings is 1. The van der Waals surface area contributed by atoms with E-state index in [1.165, 1.54) is 10.4 Å². The van der Waals surface area contributed by atoms with Crippen LogP contribution in [0.5, 0.6) is 5.75 Å². The molecule has 0 aliphatic heterocycles. The van der Waals surface area contributed by atoms with Gasteiger partial charge in [-0.05, 0) is 54.7 Å². The zero-order valence-electron chi connectivity index (χ0n) is 17.4. The lowest BCUT2D eigenvalue weighted by Gasteiger charge is -2.23. The standard InChI is InChI=1S/C24H24N4O2S/c1-30-19-7-4-5-16(11-19)14-28-15-27-23-22(24(28)29)20-9-8-17(12-21(20)31-23)26-13-18-6-2-3-10-25-18/h2-7,10-11,15,17,26H,8-9,12-14H2,1H3. The average Bonchev–Trinajstić information content (AvgIpc) is 3.19. The van der Waals surface area contributed by atoms with Crippen LogP contribution in [0.25, 0.3) is 10.2 Å². The molecule has 5 rings (SSSR count). The van der Waals surface area contributed by atoms with Crippen LogP contribution in [0, 0.1) is 0 Å². The third-order valence-electron chi connectivity index (χ3n) is 5.82. The molecule has 4 aromatic rings. The molecule has 31 heavy (non-hydrogen) atoms. The predicted octanol–water partition coefficient (Wildman–Crippen LogP) is 3.56. The van der Waals surface area contributed by atoms with Gasteiger partial charge >= 0.3 is 0 Å². The van der Waals surface area contributed by atoms with Crippen LogP contribution in [0.3, 0.4) is 0 Å². The minimum absolute atomic E-state index is 0.0465. The molecule has 0 saturated heterocycles. The molecule has 1 atom stereocenters. The predicted molar refractivity (Wildman–Crippen MR) is 123 cm³/mol. The first kappa shape index (κ1) is 19.9. The van der Waals surface area contributed by atoms with Gasteiger partial charge in [-0.25, -0.2) is 4.98 Å². The van der Waals surface area contributed by atoms with Gasteiger partial charge in [-0.3, -0.25) is 14.3 Å². The minimum atomic E-state index is 0.0465. The van der Waals surface area contributed by atoms with Crippen LogP contribution in [0.2, 0.25) is 0 Å². The second-order valence-corrected chi connectivity index (χ2v) is 8.94. The Bertz CT molecular complexity index is 1270. The molecular formula is C24H24N4O2S. The average molecular weight is 433 g/mol. The van der Waals surface area contributed by atoms with E-state index in [9.17, 15) is 4.79 Å². The first-order valence-electron chi connectivity index (χ1n) is 10.5. The van der Waals surface area contributed by atoms with Crippen molar-refractivity contribution in [2.45, 2.75) is 38.4 Å². The normalized spacial score (nSPS) is 15.7. The SMILES string of the molecule is COc1cccc(Cn2cnc3sc4c(c3c2=O)CCC(NCc2ccccn2)C4)c1. The summed E-state index contributed by atoms with van der Waals surface area (Å²) < 4.78 is 7.01. The Balaban J connectivity index is 1.37. The molecule has 158 valence electrons. The van der Waals surface area contributed by atoms with Crippen molar-refractivity contribution in [2.24, 2.45) is 0 Å². The van der Waals surface area contributed by atoms with Gasteiger partial charge in [0.15, 0.2) is 0 Å². The lowest BCUT2D eigenvalue weighted by Crippen LogP contribution is -2.34. The summed E-state index contributed by atoms with van der Waals surface area (Å²) >= 11 is 1.66. The van der Waals surface area contributed by atoms with E-state index < -0.39 is 0 Å². The van der Waals surface area contributed by atoms with Crippen LogP contribution in [-0.2, 0) is 25.9 Å². The number of aryl methyl sites for hydroxylation is 1. The number of rotatable bonds is 6. The van der Waals surface area contributed by atoms with Gasteiger partial charge in [0.05, 0.1) is 31.1 Å². The molecule has 1 N–H and O–H groups in total. The highest BCUT2D eigenvalue weighted by Gasteiger charge is 2.25. The maximum absolute atomic E-state index is 13.3. The Morgan fingerprint density at radius 3 is 3.00 bits per heavy atom. The molecule has 3 aromatic heterocycles. The number of nitrogens with one attached hydrogen (secondary N) is 1. The first-order valence-corrected chi connectivity index (χ1v) is 11.3. The number of benzene rings is 1. The number of thiophene rings is 1. The Morgan fingerprint density at radius 2 is 2.16 bits per heavy atom. The fourth-order valence-electron chi connectivity index (χ4n) is 4.21. The summed E-state index contributed by atoms with van der Waals surface area (Å²) in [7, 11) is 1.65. The molecule has 1 aliphatic carbocycles. The van der Waals surface area contributed by atoms with Gasteiger partial charge < -0.3 is 10.1 Å². The van der Waals surface area contributed by atoms with E-state index in [1.54, 1.807) is 29.3 Å². The Morgan fingerprint density at radius 1 is 1.23 bits per heavy atom. The topological polar surface area (TPSA) is 69.0 Å². The quantitative estimate of drug-likeness (QED) is 0.505. The second-order valence-electron chi connectivity index (χ2n) is 7.85. The summed E-state index contributed by atoms with van der Waals surface area (Å²) in [5, 5.41) is 4.42. The number of methoxy groups -OCH3 is 1. The fraction of sp³-hybridized carbons (Fsp3) is 0.292. The van der Waals surface area contributed by atoms with Crippen molar-refractivity contribution >= 4 is 21.6 Å². The summed E-state index contributed by atoms with van der Waals surface area (Å²) in [5.41, 5.74) is 3.30. The van der Waals surface area contributed by atoms with Gasteiger partial charge in [-0.15, -0.1) is 11.3 Å². The van der Waals surface area contributed by atoms with E-state index in [2.05, 4.69) is 15.3 Å². The van der Waals surface area contributed by atoms with E-state index in [1.807, 2.05) is 48.7 Å². The molecular weight excluding hydrogens is 408 g/mol. The number of aromatic nitrogens is 3. The number of fused-ring (bicyclic) bond motifs is 3. The van der Waals surface area contributed by atoms with Crippen LogP contribution >= 0.6 is 11.3 Å². The Kier molecular flexibility index (Phi) is 5.53. The Labute approximate surface area is 184 Å². The van der Waals surface area contributed by atoms with E-state index in [0.717, 1.165) is 53.0 Å². The second kappa shape index (κ2) is 8.61. The molecule has 0 fully saturated rings. The fourth-order valence-corrected chi connectivity index (χ4v) is 5.46. The van der Waals surface area contributed by atoms with E-state index >= 15 is 0 Å². The maximum Gasteiger partial charge on any atom is 0.262 e. The van der Waals surface area contributed by atoms with Crippen LogP contribution < -0.4 is 15.6 Å². The minimum Gasteiger partial charge on any atom is -0.497 e. The highest BCUT2D eigenvalue weighted by atomic mass is 32.1. The van der Waals surface area contributed by atoms with Gasteiger partial charge in [0.2, 0.25) is 0 Å². The van der Waals surface area contributed by atoms with Crippen molar-refractivity contribution in [3.8, 4) is 5.75 Å². The van der Waals surface area contributed by atoms with E-state index in [4.69, 9.17) is 4.74 Å². The summed E-state index contributed by atoms with van der Waals surface area (Å²) in [4.78, 5) is 24.4. The van der Waals surface area contributed by atoms with Crippen molar-refractivity contribution in [1.29, 1.82) is 0 Å². The summed E-state index contributed by atoms with van der Waals surface area (Å²) in [5.74, 6) is 0.789. The molecule has 0 spiro atoms. The third-order valence-corrected chi connectivity index (χ3v) is 6.98. The number of ether oxygens (including phenoxy) is 1. The van der Waals surface area contributed by atoms with Crippen molar-refractivity contribution in [1.82, 2.24) is 19.9 Å². The molecule has 6 nitrogen and oxygen atoms in total. The van der Waals surface area contributed by atoms with Crippen molar-refractivity contribution in [3.05, 3.63) is 87.0 Å². The highest BCUT2D eigenvalue weighted by Crippen LogP contribution is 2.33. The number of hydrogen-bond acceptors (Lipinski definition) is 6. The van der Waals surface area contributed by atoms with Gasteiger partial charge in [0, 0.05) is 23.7 Å². The molecule has 7 heteroatoms. The zero-order chi connectivity index (χ0) is 21.2. The Hall–Kier alpha value is -3.03. The van der Waals surface area contributed by atoms with Gasteiger partial charge in [0.25, 0.3) is 5.56 Å². The van der Waals surface area contributed by atoms with Crippen molar-refractivity contribution in [3.63, 3.8) is 0 Å². The number of hydrogen-bond donors (Lipinski definition) is 1. The van der Waals surface area contributed by atoms with Gasteiger partial charge in [-0.1, -0.05) is 18.2 Å². The van der Waals surface area contributed by atoms with Crippen LogP contribution in [0.15, 0.2) is 59.8 Å². The molecule has 1 unspecified atom stereocenters. The molecule has 0 bridgehead atoms. The first-order chi connectivity index (χ1) is 15.2. The summed E-state index contributed by atoms with van der Waals surface area (Å²) in [6.45, 7) is 1.25. The lowest BCUT2D eigenvalue weighted by molar-refractivity contribution is 0.414. The van der Waals surface area contributed by atoms with Gasteiger partial charge in [-0.2, -0.15) is 0 Å². The monoisotopic (exact) mass is 432 g/mol. The van der Waals surface area contributed by atoms with Crippen LogP contribution in [0.4, 0.5) is 0 Å². The number of nitrogens with zero attached hydrogens (tertiary/aromatic N) is 3. The van der Waals surface area contributed by atoms with E-state index in [-0.39, 0.29) is 5.56 Å². The van der Waals surface area contributed by atoms with E-state index in [0.29, 0.717) is 12.6 Å². The molecule has 3 heterocycles. The highest BCUT2D eigenvalue weighted by molar-refractivity contribution is 7.18.